The van der Waals surface area contributed by atoms with E-state index in [2.05, 4.69) is 16.6 Å². The summed E-state index contributed by atoms with van der Waals surface area (Å²) in [5.74, 6) is 5.69. The second kappa shape index (κ2) is 6.94. The van der Waals surface area contributed by atoms with E-state index in [9.17, 15) is 8.42 Å². The molecule has 1 aliphatic heterocycles. The van der Waals surface area contributed by atoms with Gasteiger partial charge in [0.1, 0.15) is 0 Å². The molecule has 0 atom stereocenters. The third kappa shape index (κ3) is 4.46. The molecule has 5 nitrogen and oxygen atoms in total. The highest BCUT2D eigenvalue weighted by molar-refractivity contribution is 7.93. The number of anilines is 1. The van der Waals surface area contributed by atoms with Gasteiger partial charge in [-0.05, 0) is 43.5 Å². The molecule has 6 heteroatoms. The second-order valence-electron chi connectivity index (χ2n) is 5.05. The molecule has 0 spiro atoms. The Bertz CT molecular complexity index is 653. The Kier molecular flexibility index (Phi) is 5.23. The molecular formula is C15H20N2O3S. The normalized spacial score (nSPS) is 16.1. The standard InChI is InChI=1S/C15H20N2O3S/c1-12-9-13(3-2-6-16)11-14(10-12)17-21(18,19)15-4-7-20-8-5-15/h9-11,15,17H,4-8,16H2,1H3. The highest BCUT2D eigenvalue weighted by atomic mass is 32.2. The summed E-state index contributed by atoms with van der Waals surface area (Å²) in [6, 6.07) is 5.42. The predicted octanol–water partition coefficient (Wildman–Crippen LogP) is 1.23. The number of benzene rings is 1. The summed E-state index contributed by atoms with van der Waals surface area (Å²) >= 11 is 0. The topological polar surface area (TPSA) is 81.4 Å². The molecule has 0 aromatic heterocycles. The zero-order valence-electron chi connectivity index (χ0n) is 12.1. The number of nitrogens with one attached hydrogen (secondary N) is 1. The van der Waals surface area contributed by atoms with E-state index in [1.165, 1.54) is 0 Å². The lowest BCUT2D eigenvalue weighted by Crippen LogP contribution is -2.33. The first-order valence-corrected chi connectivity index (χ1v) is 8.46. The van der Waals surface area contributed by atoms with E-state index in [0.29, 0.717) is 31.7 Å². The predicted molar refractivity (Wildman–Crippen MR) is 83.5 cm³/mol. The number of hydrogen-bond donors (Lipinski definition) is 2. The first-order valence-electron chi connectivity index (χ1n) is 6.91. The van der Waals surface area contributed by atoms with Gasteiger partial charge in [0.25, 0.3) is 0 Å². The van der Waals surface area contributed by atoms with Crippen LogP contribution in [0.2, 0.25) is 0 Å². The first kappa shape index (κ1) is 15.8. The van der Waals surface area contributed by atoms with Crippen LogP contribution in [0.3, 0.4) is 0 Å². The Morgan fingerprint density at radius 2 is 2.05 bits per heavy atom. The number of hydrogen-bond acceptors (Lipinski definition) is 4. The molecule has 0 aliphatic carbocycles. The van der Waals surface area contributed by atoms with Gasteiger partial charge in [-0.3, -0.25) is 4.72 Å². The zero-order chi connectivity index (χ0) is 15.3. The van der Waals surface area contributed by atoms with Crippen LogP contribution in [-0.4, -0.2) is 33.4 Å². The highest BCUT2D eigenvalue weighted by Crippen LogP contribution is 2.21. The highest BCUT2D eigenvalue weighted by Gasteiger charge is 2.27. The van der Waals surface area contributed by atoms with Crippen molar-refractivity contribution in [3.63, 3.8) is 0 Å². The molecule has 1 aromatic rings. The van der Waals surface area contributed by atoms with Crippen molar-refractivity contribution in [2.45, 2.75) is 25.0 Å². The average molecular weight is 308 g/mol. The smallest absolute Gasteiger partial charge is 0.235 e. The minimum Gasteiger partial charge on any atom is -0.381 e. The Morgan fingerprint density at radius 1 is 1.33 bits per heavy atom. The molecular weight excluding hydrogens is 288 g/mol. The lowest BCUT2D eigenvalue weighted by atomic mass is 10.1. The van der Waals surface area contributed by atoms with Gasteiger partial charge < -0.3 is 10.5 Å². The molecule has 1 aliphatic rings. The van der Waals surface area contributed by atoms with E-state index in [-0.39, 0.29) is 6.54 Å². The molecule has 2 rings (SSSR count). The fourth-order valence-electron chi connectivity index (χ4n) is 2.30. The van der Waals surface area contributed by atoms with Gasteiger partial charge in [-0.25, -0.2) is 8.42 Å². The molecule has 0 saturated carbocycles. The van der Waals surface area contributed by atoms with Crippen LogP contribution in [0.15, 0.2) is 18.2 Å². The number of ether oxygens (including phenoxy) is 1. The van der Waals surface area contributed by atoms with E-state index in [4.69, 9.17) is 10.5 Å². The SMILES string of the molecule is Cc1cc(C#CCN)cc(NS(=O)(=O)C2CCOCC2)c1. The van der Waals surface area contributed by atoms with E-state index in [0.717, 1.165) is 11.1 Å². The van der Waals surface area contributed by atoms with E-state index in [1.54, 1.807) is 12.1 Å². The second-order valence-corrected chi connectivity index (χ2v) is 7.01. The summed E-state index contributed by atoms with van der Waals surface area (Å²) in [7, 11) is -3.39. The Morgan fingerprint density at radius 3 is 2.71 bits per heavy atom. The molecule has 0 radical (unpaired) electrons. The maximum atomic E-state index is 12.4. The van der Waals surface area contributed by atoms with Gasteiger partial charge in [0, 0.05) is 24.5 Å². The maximum Gasteiger partial charge on any atom is 0.235 e. The van der Waals surface area contributed by atoms with Crippen molar-refractivity contribution in [1.29, 1.82) is 0 Å². The largest absolute Gasteiger partial charge is 0.381 e. The fraction of sp³-hybridized carbons (Fsp3) is 0.467. The van der Waals surface area contributed by atoms with Crippen LogP contribution in [0.5, 0.6) is 0 Å². The van der Waals surface area contributed by atoms with Crippen LogP contribution < -0.4 is 10.5 Å². The first-order chi connectivity index (χ1) is 10.0. The number of rotatable bonds is 3. The van der Waals surface area contributed by atoms with Crippen LogP contribution in [0.25, 0.3) is 0 Å². The van der Waals surface area contributed by atoms with Gasteiger partial charge in [-0.15, -0.1) is 0 Å². The summed E-state index contributed by atoms with van der Waals surface area (Å²) in [5, 5.41) is -0.398. The van der Waals surface area contributed by atoms with Gasteiger partial charge in [-0.2, -0.15) is 0 Å². The van der Waals surface area contributed by atoms with E-state index in [1.807, 2.05) is 13.0 Å². The van der Waals surface area contributed by atoms with Gasteiger partial charge in [0.15, 0.2) is 0 Å². The van der Waals surface area contributed by atoms with Crippen LogP contribution in [0.1, 0.15) is 24.0 Å². The Hall–Kier alpha value is -1.55. The third-order valence-corrected chi connectivity index (χ3v) is 5.15. The Balaban J connectivity index is 2.20. The lowest BCUT2D eigenvalue weighted by Gasteiger charge is -2.22. The molecule has 0 bridgehead atoms. The van der Waals surface area contributed by atoms with Crippen LogP contribution in [-0.2, 0) is 14.8 Å². The van der Waals surface area contributed by atoms with Gasteiger partial charge in [0.05, 0.1) is 11.8 Å². The number of aryl methyl sites for hydroxylation is 1. The van der Waals surface area contributed by atoms with Crippen molar-refractivity contribution < 1.29 is 13.2 Å². The van der Waals surface area contributed by atoms with Crippen molar-refractivity contribution in [3.05, 3.63) is 29.3 Å². The quantitative estimate of drug-likeness (QED) is 0.823. The molecule has 1 saturated heterocycles. The lowest BCUT2D eigenvalue weighted by molar-refractivity contribution is 0.0984. The molecule has 0 amide bonds. The van der Waals surface area contributed by atoms with Gasteiger partial charge in [0.2, 0.25) is 10.0 Å². The minimum atomic E-state index is -3.39. The van der Waals surface area contributed by atoms with Gasteiger partial charge >= 0.3 is 0 Å². The number of nitrogens with two attached hydrogens (primary N) is 1. The van der Waals surface area contributed by atoms with Crippen LogP contribution >= 0.6 is 0 Å². The molecule has 21 heavy (non-hydrogen) atoms. The average Bonchev–Trinajstić information content (AvgIpc) is 2.45. The molecule has 1 fully saturated rings. The molecule has 3 N–H and O–H groups in total. The third-order valence-electron chi connectivity index (χ3n) is 3.28. The van der Waals surface area contributed by atoms with Crippen molar-refractivity contribution in [2.75, 3.05) is 24.5 Å². The zero-order valence-corrected chi connectivity index (χ0v) is 12.9. The van der Waals surface area contributed by atoms with Crippen LogP contribution in [0.4, 0.5) is 5.69 Å². The molecule has 1 heterocycles. The summed E-state index contributed by atoms with van der Waals surface area (Å²) in [6.45, 7) is 3.16. The van der Waals surface area contributed by atoms with E-state index >= 15 is 0 Å². The summed E-state index contributed by atoms with van der Waals surface area (Å²) in [5.41, 5.74) is 7.60. The molecule has 0 unspecified atom stereocenters. The van der Waals surface area contributed by atoms with Crippen molar-refractivity contribution in [3.8, 4) is 11.8 Å². The van der Waals surface area contributed by atoms with Crippen molar-refractivity contribution in [2.24, 2.45) is 5.73 Å². The molecule has 114 valence electrons. The van der Waals surface area contributed by atoms with Crippen molar-refractivity contribution in [1.82, 2.24) is 0 Å². The minimum absolute atomic E-state index is 0.275. The maximum absolute atomic E-state index is 12.4. The van der Waals surface area contributed by atoms with Gasteiger partial charge in [-0.1, -0.05) is 11.8 Å². The van der Waals surface area contributed by atoms with Crippen LogP contribution in [0, 0.1) is 18.8 Å². The summed E-state index contributed by atoms with van der Waals surface area (Å²) in [6.07, 6.45) is 1.06. The fourth-order valence-corrected chi connectivity index (χ4v) is 3.73. The summed E-state index contributed by atoms with van der Waals surface area (Å²) in [4.78, 5) is 0. The molecule has 1 aromatic carbocycles. The van der Waals surface area contributed by atoms with E-state index < -0.39 is 15.3 Å². The van der Waals surface area contributed by atoms with Crippen molar-refractivity contribution >= 4 is 15.7 Å². The monoisotopic (exact) mass is 308 g/mol. The number of sulfonamides is 1. The summed E-state index contributed by atoms with van der Waals surface area (Å²) < 4.78 is 32.6. The Labute approximate surface area is 125 Å².